The van der Waals surface area contributed by atoms with Gasteiger partial charge in [0.05, 0.1) is 20.6 Å². The van der Waals surface area contributed by atoms with E-state index in [2.05, 4.69) is 27.6 Å². The Balaban J connectivity index is 0. The van der Waals surface area contributed by atoms with Gasteiger partial charge in [-0.05, 0) is 19.8 Å². The third kappa shape index (κ3) is 22.2. The Kier molecular flexibility index (Phi) is 22.2. The molecule has 0 aromatic carbocycles. The van der Waals surface area contributed by atoms with Gasteiger partial charge in [-0.3, -0.25) is 4.48 Å². The molecule has 0 spiro atoms. The average molecular weight is 477 g/mol. The van der Waals surface area contributed by atoms with E-state index in [1.807, 2.05) is 0 Å². The van der Waals surface area contributed by atoms with Crippen molar-refractivity contribution in [3.05, 3.63) is 12.2 Å². The van der Waals surface area contributed by atoms with Crippen LogP contribution in [-0.2, 0) is 9.53 Å². The van der Waals surface area contributed by atoms with Crippen molar-refractivity contribution in [1.29, 1.82) is 0 Å². The van der Waals surface area contributed by atoms with Crippen molar-refractivity contribution in [3.63, 3.8) is 0 Å². The average Bonchev–Trinajstić information content (AvgIpc) is 2.65. The van der Waals surface area contributed by atoms with E-state index in [0.717, 1.165) is 11.0 Å². The Labute approximate surface area is 193 Å². The van der Waals surface area contributed by atoms with Gasteiger partial charge in [0.1, 0.15) is 0 Å². The Morgan fingerprint density at radius 2 is 1.07 bits per heavy atom. The number of carbonyl (C=O) groups is 1. The van der Waals surface area contributed by atoms with Crippen LogP contribution in [0.3, 0.4) is 0 Å². The number of esters is 1. The van der Waals surface area contributed by atoms with Crippen LogP contribution < -0.4 is 17.0 Å². The van der Waals surface area contributed by atoms with Crippen LogP contribution in [-0.4, -0.2) is 37.8 Å². The van der Waals surface area contributed by atoms with Crippen LogP contribution >= 0.6 is 0 Å². The molecule has 0 heterocycles. The number of rotatable bonds is 20. The summed E-state index contributed by atoms with van der Waals surface area (Å²) in [5.74, 6) is -0.279. The number of quaternary nitrogens is 1. The Bertz CT molecular complexity index is 396. The van der Waals surface area contributed by atoms with E-state index in [-0.39, 0.29) is 23.0 Å². The van der Waals surface area contributed by atoms with Crippen molar-refractivity contribution >= 4 is 5.97 Å². The SMILES string of the molecule is C=C(C)C(=O)OC[N+](C)(C)CCCCCCCCCCCCCCCCCC.[Br-]. The molecule has 0 bridgehead atoms. The number of halogens is 1. The van der Waals surface area contributed by atoms with Gasteiger partial charge in [0, 0.05) is 5.57 Å². The summed E-state index contributed by atoms with van der Waals surface area (Å²) in [6.45, 7) is 9.09. The fourth-order valence-electron chi connectivity index (χ4n) is 3.51. The lowest BCUT2D eigenvalue weighted by Gasteiger charge is -2.28. The van der Waals surface area contributed by atoms with Crippen LogP contribution in [0.5, 0.6) is 0 Å². The zero-order chi connectivity index (χ0) is 21.1. The molecule has 0 atom stereocenters. The lowest BCUT2D eigenvalue weighted by molar-refractivity contribution is -0.907. The highest BCUT2D eigenvalue weighted by atomic mass is 79.9. The molecule has 0 aliphatic heterocycles. The molecule has 0 aromatic heterocycles. The van der Waals surface area contributed by atoms with Crippen molar-refractivity contribution in [3.8, 4) is 0 Å². The van der Waals surface area contributed by atoms with E-state index in [1.165, 1.54) is 103 Å². The molecule has 0 saturated heterocycles. The first-order valence-corrected chi connectivity index (χ1v) is 12.0. The fraction of sp³-hybridized carbons (Fsp3) is 0.880. The largest absolute Gasteiger partial charge is 1.00 e. The van der Waals surface area contributed by atoms with Crippen molar-refractivity contribution in [2.75, 3.05) is 27.4 Å². The van der Waals surface area contributed by atoms with Crippen molar-refractivity contribution in [1.82, 2.24) is 0 Å². The molecule has 0 amide bonds. The van der Waals surface area contributed by atoms with Gasteiger partial charge in [-0.2, -0.15) is 0 Å². The predicted molar refractivity (Wildman–Crippen MR) is 122 cm³/mol. The van der Waals surface area contributed by atoms with Crippen molar-refractivity contribution in [2.45, 2.75) is 117 Å². The summed E-state index contributed by atoms with van der Waals surface area (Å²) in [4.78, 5) is 11.5. The van der Waals surface area contributed by atoms with Crippen molar-refractivity contribution < 1.29 is 31.0 Å². The molecule has 0 N–H and O–H groups in total. The van der Waals surface area contributed by atoms with E-state index in [9.17, 15) is 4.79 Å². The number of hydrogen-bond donors (Lipinski definition) is 0. The first-order valence-electron chi connectivity index (χ1n) is 12.0. The first kappa shape index (κ1) is 30.8. The van der Waals surface area contributed by atoms with Gasteiger partial charge in [-0.15, -0.1) is 0 Å². The molecule has 0 fully saturated rings. The second-order valence-corrected chi connectivity index (χ2v) is 9.30. The number of hydrogen-bond acceptors (Lipinski definition) is 2. The topological polar surface area (TPSA) is 26.3 Å². The molecule has 0 aromatic rings. The van der Waals surface area contributed by atoms with Gasteiger partial charge in [0.25, 0.3) is 0 Å². The Morgan fingerprint density at radius 3 is 1.41 bits per heavy atom. The Morgan fingerprint density at radius 1 is 0.724 bits per heavy atom. The molecule has 0 radical (unpaired) electrons. The van der Waals surface area contributed by atoms with Gasteiger partial charge in [0.2, 0.25) is 6.73 Å². The number of ether oxygens (including phenoxy) is 1. The molecule has 0 aliphatic rings. The fourth-order valence-corrected chi connectivity index (χ4v) is 3.51. The molecule has 0 unspecified atom stereocenters. The highest BCUT2D eigenvalue weighted by Gasteiger charge is 2.17. The Hall–Kier alpha value is -0.350. The summed E-state index contributed by atoms with van der Waals surface area (Å²) in [6.07, 6.45) is 22.3. The first-order chi connectivity index (χ1) is 13.4. The molecular weight excluding hydrogens is 426 g/mol. The van der Waals surface area contributed by atoms with E-state index in [1.54, 1.807) is 6.92 Å². The van der Waals surface area contributed by atoms with Crippen LogP contribution in [0.25, 0.3) is 0 Å². The van der Waals surface area contributed by atoms with E-state index >= 15 is 0 Å². The van der Waals surface area contributed by atoms with Crippen molar-refractivity contribution in [2.24, 2.45) is 0 Å². The second kappa shape index (κ2) is 20.9. The van der Waals surface area contributed by atoms with Gasteiger partial charge < -0.3 is 21.7 Å². The van der Waals surface area contributed by atoms with Crippen LogP contribution in [0.1, 0.15) is 117 Å². The maximum absolute atomic E-state index is 11.5. The lowest BCUT2D eigenvalue weighted by atomic mass is 10.0. The summed E-state index contributed by atoms with van der Waals surface area (Å²) in [6, 6.07) is 0. The highest BCUT2D eigenvalue weighted by molar-refractivity contribution is 5.86. The standard InChI is InChI=1S/C25H50NO2.BrH/c1-6-7-8-9-10-11-12-13-14-15-16-17-18-19-20-21-22-26(4,5)23-28-25(27)24(2)3;/h2,6-23H2,1,3-5H3;1H/q+1;/p-1. The molecular formula is C25H50BrNO2. The van der Waals surface area contributed by atoms with E-state index in [4.69, 9.17) is 4.74 Å². The minimum atomic E-state index is -0.279. The molecule has 29 heavy (non-hydrogen) atoms. The summed E-state index contributed by atoms with van der Waals surface area (Å²) >= 11 is 0. The van der Waals surface area contributed by atoms with Crippen LogP contribution in [0.2, 0.25) is 0 Å². The minimum absolute atomic E-state index is 0. The normalized spacial score (nSPS) is 11.2. The third-order valence-corrected chi connectivity index (χ3v) is 5.51. The monoisotopic (exact) mass is 475 g/mol. The molecule has 4 heteroatoms. The molecule has 3 nitrogen and oxygen atoms in total. The van der Waals surface area contributed by atoms with Crippen LogP contribution in [0.15, 0.2) is 12.2 Å². The summed E-state index contributed by atoms with van der Waals surface area (Å²) in [5.41, 5.74) is 0.474. The molecule has 0 rings (SSSR count). The highest BCUT2D eigenvalue weighted by Crippen LogP contribution is 2.14. The molecule has 174 valence electrons. The van der Waals surface area contributed by atoms with Gasteiger partial charge in [-0.1, -0.05) is 103 Å². The zero-order valence-corrected chi connectivity index (χ0v) is 21.7. The predicted octanol–water partition coefficient (Wildman–Crippen LogP) is 4.41. The maximum atomic E-state index is 11.5. The minimum Gasteiger partial charge on any atom is -1.00 e. The van der Waals surface area contributed by atoms with E-state index < -0.39 is 0 Å². The number of nitrogens with zero attached hydrogens (tertiary/aromatic N) is 1. The van der Waals surface area contributed by atoms with Crippen LogP contribution in [0.4, 0.5) is 0 Å². The van der Waals surface area contributed by atoms with Gasteiger partial charge >= 0.3 is 5.97 Å². The second-order valence-electron chi connectivity index (χ2n) is 9.30. The lowest BCUT2D eigenvalue weighted by Crippen LogP contribution is -3.00. The van der Waals surface area contributed by atoms with Crippen LogP contribution in [0, 0.1) is 0 Å². The van der Waals surface area contributed by atoms with Gasteiger partial charge in [-0.25, -0.2) is 4.79 Å². The smallest absolute Gasteiger partial charge is 0.337 e. The maximum Gasteiger partial charge on any atom is 0.337 e. The number of unbranched alkanes of at least 4 members (excludes halogenated alkanes) is 15. The summed E-state index contributed by atoms with van der Waals surface area (Å²) in [7, 11) is 4.24. The zero-order valence-electron chi connectivity index (χ0n) is 20.1. The summed E-state index contributed by atoms with van der Waals surface area (Å²) in [5, 5.41) is 0. The van der Waals surface area contributed by atoms with E-state index in [0.29, 0.717) is 12.3 Å². The van der Waals surface area contributed by atoms with Gasteiger partial charge in [0.15, 0.2) is 0 Å². The summed E-state index contributed by atoms with van der Waals surface area (Å²) < 4.78 is 6.02. The molecule has 0 saturated carbocycles. The molecule has 0 aliphatic carbocycles. The quantitative estimate of drug-likeness (QED) is 0.0856. The third-order valence-electron chi connectivity index (χ3n) is 5.51. The number of carbonyl (C=O) groups excluding carboxylic acids is 1.